The molecule has 0 bridgehead atoms. The van der Waals surface area contributed by atoms with E-state index in [1.807, 2.05) is 6.92 Å². The molecule has 1 rings (SSSR count). The number of unbranched alkanes of at least 4 members (excludes halogenated alkanes) is 1. The van der Waals surface area contributed by atoms with Gasteiger partial charge in [-0.3, -0.25) is 9.59 Å². The van der Waals surface area contributed by atoms with Crippen LogP contribution >= 0.6 is 11.6 Å². The van der Waals surface area contributed by atoms with Crippen molar-refractivity contribution in [1.82, 2.24) is 5.32 Å². The Labute approximate surface area is 129 Å². The molecule has 0 saturated heterocycles. The predicted molar refractivity (Wildman–Crippen MR) is 81.1 cm³/mol. The second kappa shape index (κ2) is 9.23. The number of benzene rings is 1. The van der Waals surface area contributed by atoms with Crippen LogP contribution in [0.5, 0.6) is 5.75 Å². The lowest BCUT2D eigenvalue weighted by Crippen LogP contribution is -2.25. The molecule has 1 aromatic rings. The fraction of sp³-hybridized carbons (Fsp3) is 0.467. The Hall–Kier alpha value is -1.75. The van der Waals surface area contributed by atoms with E-state index in [0.29, 0.717) is 42.3 Å². The molecule has 0 unspecified atom stereocenters. The monoisotopic (exact) mass is 313 g/mol. The maximum absolute atomic E-state index is 12.1. The average molecular weight is 314 g/mol. The van der Waals surface area contributed by atoms with E-state index >= 15 is 0 Å². The minimum absolute atomic E-state index is 0.109. The molecule has 1 aromatic carbocycles. The van der Waals surface area contributed by atoms with Gasteiger partial charge >= 0.3 is 5.97 Å². The van der Waals surface area contributed by atoms with Crippen LogP contribution in [0.1, 0.15) is 43.0 Å². The lowest BCUT2D eigenvalue weighted by molar-refractivity contribution is -0.137. The fourth-order valence-corrected chi connectivity index (χ4v) is 1.89. The van der Waals surface area contributed by atoms with Crippen molar-refractivity contribution in [1.29, 1.82) is 0 Å². The predicted octanol–water partition coefficient (Wildman–Crippen LogP) is 3.11. The van der Waals surface area contributed by atoms with Crippen molar-refractivity contribution in [2.24, 2.45) is 0 Å². The van der Waals surface area contributed by atoms with Gasteiger partial charge in [-0.2, -0.15) is 0 Å². The number of hydrogen-bond acceptors (Lipinski definition) is 3. The molecule has 2 N–H and O–H groups in total. The van der Waals surface area contributed by atoms with Gasteiger partial charge < -0.3 is 15.2 Å². The normalized spacial score (nSPS) is 10.2. The van der Waals surface area contributed by atoms with Gasteiger partial charge in [0, 0.05) is 18.0 Å². The highest BCUT2D eigenvalue weighted by atomic mass is 35.5. The van der Waals surface area contributed by atoms with Crippen molar-refractivity contribution in [3.63, 3.8) is 0 Å². The number of nitrogens with one attached hydrogen (secondary N) is 1. The summed E-state index contributed by atoms with van der Waals surface area (Å²) in [5, 5.41) is 11.7. The second-order valence-electron chi connectivity index (χ2n) is 4.60. The van der Waals surface area contributed by atoms with Gasteiger partial charge in [-0.25, -0.2) is 0 Å². The molecule has 116 valence electrons. The van der Waals surface area contributed by atoms with Crippen LogP contribution < -0.4 is 10.1 Å². The third-order valence-electron chi connectivity index (χ3n) is 2.75. The summed E-state index contributed by atoms with van der Waals surface area (Å²) in [5.41, 5.74) is 0.397. The third kappa shape index (κ3) is 6.49. The van der Waals surface area contributed by atoms with E-state index in [1.165, 1.54) is 0 Å². The van der Waals surface area contributed by atoms with Crippen LogP contribution in [0.25, 0.3) is 0 Å². The van der Waals surface area contributed by atoms with Crippen molar-refractivity contribution in [3.8, 4) is 5.75 Å². The van der Waals surface area contributed by atoms with Crippen LogP contribution in [0, 0.1) is 0 Å². The Balaban J connectivity index is 2.55. The maximum atomic E-state index is 12.1. The number of rotatable bonds is 9. The van der Waals surface area contributed by atoms with Crippen molar-refractivity contribution < 1.29 is 19.4 Å². The first-order valence-electron chi connectivity index (χ1n) is 6.97. The Morgan fingerprint density at radius 3 is 2.76 bits per heavy atom. The van der Waals surface area contributed by atoms with Gasteiger partial charge in [0.2, 0.25) is 0 Å². The molecule has 0 fully saturated rings. The molecule has 0 aliphatic heterocycles. The largest absolute Gasteiger partial charge is 0.493 e. The van der Waals surface area contributed by atoms with Crippen LogP contribution in [0.15, 0.2) is 18.2 Å². The number of carboxylic acid groups (broad SMARTS) is 1. The van der Waals surface area contributed by atoms with E-state index < -0.39 is 5.97 Å². The molecule has 1 amide bonds. The summed E-state index contributed by atoms with van der Waals surface area (Å²) < 4.78 is 5.52. The maximum Gasteiger partial charge on any atom is 0.303 e. The third-order valence-corrected chi connectivity index (χ3v) is 2.99. The number of ether oxygens (including phenoxy) is 1. The Morgan fingerprint density at radius 2 is 2.10 bits per heavy atom. The van der Waals surface area contributed by atoms with Gasteiger partial charge in [-0.15, -0.1) is 0 Å². The standard InChI is InChI=1S/C15H20ClNO4/c1-2-9-21-13-7-6-11(16)10-12(13)15(20)17-8-4-3-5-14(18)19/h6-7,10H,2-5,8-9H2,1H3,(H,17,20)(H,18,19). The number of halogens is 1. The molecule has 0 saturated carbocycles. The van der Waals surface area contributed by atoms with Gasteiger partial charge in [-0.1, -0.05) is 18.5 Å². The SMILES string of the molecule is CCCOc1ccc(Cl)cc1C(=O)NCCCCC(=O)O. The summed E-state index contributed by atoms with van der Waals surface area (Å²) in [7, 11) is 0. The number of carbonyl (C=O) groups excluding carboxylic acids is 1. The zero-order valence-corrected chi connectivity index (χ0v) is 12.8. The lowest BCUT2D eigenvalue weighted by Gasteiger charge is -2.11. The van der Waals surface area contributed by atoms with Crippen molar-refractivity contribution in [2.45, 2.75) is 32.6 Å². The Morgan fingerprint density at radius 1 is 1.33 bits per heavy atom. The summed E-state index contributed by atoms with van der Waals surface area (Å²) in [6, 6.07) is 4.92. The lowest BCUT2D eigenvalue weighted by atomic mass is 10.1. The molecular formula is C15H20ClNO4. The van der Waals surface area contributed by atoms with E-state index in [0.717, 1.165) is 6.42 Å². The van der Waals surface area contributed by atoms with Crippen molar-refractivity contribution in [2.75, 3.05) is 13.2 Å². The summed E-state index contributed by atoms with van der Waals surface area (Å²) in [6.07, 6.45) is 2.10. The van der Waals surface area contributed by atoms with E-state index in [4.69, 9.17) is 21.4 Å². The molecule has 0 aliphatic rings. The minimum atomic E-state index is -0.827. The minimum Gasteiger partial charge on any atom is -0.493 e. The first-order chi connectivity index (χ1) is 10.0. The van der Waals surface area contributed by atoms with Gasteiger partial charge in [0.25, 0.3) is 5.91 Å². The highest BCUT2D eigenvalue weighted by Gasteiger charge is 2.13. The number of amides is 1. The first-order valence-corrected chi connectivity index (χ1v) is 7.34. The van der Waals surface area contributed by atoms with Crippen LogP contribution in [0.3, 0.4) is 0 Å². The van der Waals surface area contributed by atoms with Crippen LogP contribution in [-0.2, 0) is 4.79 Å². The van der Waals surface area contributed by atoms with E-state index in [9.17, 15) is 9.59 Å². The quantitative estimate of drug-likeness (QED) is 0.687. The second-order valence-corrected chi connectivity index (χ2v) is 5.03. The summed E-state index contributed by atoms with van der Waals surface area (Å²) in [5.74, 6) is -0.588. The first kappa shape index (κ1) is 17.3. The number of carboxylic acids is 1. The van der Waals surface area contributed by atoms with Gasteiger partial charge in [0.15, 0.2) is 0 Å². The van der Waals surface area contributed by atoms with Crippen molar-refractivity contribution in [3.05, 3.63) is 28.8 Å². The molecule has 0 atom stereocenters. The van der Waals surface area contributed by atoms with Gasteiger partial charge in [0.1, 0.15) is 5.75 Å². The smallest absolute Gasteiger partial charge is 0.303 e. The summed E-state index contributed by atoms with van der Waals surface area (Å²) in [4.78, 5) is 22.5. The molecule has 0 aromatic heterocycles. The number of carbonyl (C=O) groups is 2. The van der Waals surface area contributed by atoms with Crippen LogP contribution in [0.2, 0.25) is 5.02 Å². The zero-order valence-electron chi connectivity index (χ0n) is 12.0. The molecule has 0 heterocycles. The molecule has 5 nitrogen and oxygen atoms in total. The topological polar surface area (TPSA) is 75.6 Å². The van der Waals surface area contributed by atoms with E-state index in [1.54, 1.807) is 18.2 Å². The molecule has 0 aliphatic carbocycles. The van der Waals surface area contributed by atoms with Crippen LogP contribution in [0.4, 0.5) is 0 Å². The van der Waals surface area contributed by atoms with Gasteiger partial charge in [-0.05, 0) is 37.5 Å². The summed E-state index contributed by atoms with van der Waals surface area (Å²) >= 11 is 5.91. The van der Waals surface area contributed by atoms with E-state index in [-0.39, 0.29) is 12.3 Å². The molecule has 6 heteroatoms. The molecule has 0 spiro atoms. The van der Waals surface area contributed by atoms with Gasteiger partial charge in [0.05, 0.1) is 12.2 Å². The van der Waals surface area contributed by atoms with Crippen molar-refractivity contribution >= 4 is 23.5 Å². The Kier molecular flexibility index (Phi) is 7.61. The highest BCUT2D eigenvalue weighted by molar-refractivity contribution is 6.31. The zero-order chi connectivity index (χ0) is 15.7. The molecule has 0 radical (unpaired) electrons. The highest BCUT2D eigenvalue weighted by Crippen LogP contribution is 2.23. The fourth-order valence-electron chi connectivity index (χ4n) is 1.72. The average Bonchev–Trinajstić information content (AvgIpc) is 2.45. The molecular weight excluding hydrogens is 294 g/mol. The molecule has 21 heavy (non-hydrogen) atoms. The Bertz CT molecular complexity index is 491. The number of aliphatic carboxylic acids is 1. The summed E-state index contributed by atoms with van der Waals surface area (Å²) in [6.45, 7) is 2.94. The van der Waals surface area contributed by atoms with Crippen LogP contribution in [-0.4, -0.2) is 30.1 Å². The van der Waals surface area contributed by atoms with E-state index in [2.05, 4.69) is 5.32 Å². The number of hydrogen-bond donors (Lipinski definition) is 2.